The molecular weight excluding hydrogens is 300 g/mol. The number of H-pyrrole nitrogens is 1. The molecule has 0 unspecified atom stereocenters. The molecule has 1 heterocycles. The van der Waals surface area contributed by atoms with Gasteiger partial charge in [0, 0.05) is 17.2 Å². The first kappa shape index (κ1) is 14.5. The quantitative estimate of drug-likeness (QED) is 0.587. The molecule has 3 heteroatoms. The van der Waals surface area contributed by atoms with Crippen LogP contribution in [0.15, 0.2) is 60.7 Å². The highest BCUT2D eigenvalue weighted by atomic mass is 32.1. The van der Waals surface area contributed by atoms with Crippen molar-refractivity contribution in [3.05, 3.63) is 65.4 Å². The second kappa shape index (κ2) is 6.17. The minimum Gasteiger partial charge on any atom is -0.330 e. The van der Waals surface area contributed by atoms with Crippen LogP contribution in [0.25, 0.3) is 22.5 Å². The van der Waals surface area contributed by atoms with Gasteiger partial charge in [-0.05, 0) is 25.1 Å². The number of nitrogens with zero attached hydrogens (tertiary/aromatic N) is 1. The SMILES string of the molecule is S=c1[nH]c(-c2ccccc2)c(-c2ccccc2)n1C1CCCC1. The van der Waals surface area contributed by atoms with E-state index < -0.39 is 0 Å². The summed E-state index contributed by atoms with van der Waals surface area (Å²) < 4.78 is 3.20. The Hall–Kier alpha value is -2.13. The van der Waals surface area contributed by atoms with Crippen LogP contribution in [-0.2, 0) is 0 Å². The summed E-state index contributed by atoms with van der Waals surface area (Å²) in [5.74, 6) is 0. The fourth-order valence-electron chi connectivity index (χ4n) is 3.65. The van der Waals surface area contributed by atoms with Crippen LogP contribution in [0.1, 0.15) is 31.7 Å². The average Bonchev–Trinajstić information content (AvgIpc) is 3.23. The van der Waals surface area contributed by atoms with Gasteiger partial charge in [-0.2, -0.15) is 0 Å². The molecule has 1 aliphatic carbocycles. The maximum absolute atomic E-state index is 5.70. The largest absolute Gasteiger partial charge is 0.330 e. The molecule has 23 heavy (non-hydrogen) atoms. The first-order valence-corrected chi connectivity index (χ1v) is 8.71. The summed E-state index contributed by atoms with van der Waals surface area (Å²) in [5.41, 5.74) is 4.78. The molecular formula is C20H20N2S. The molecule has 2 aromatic carbocycles. The molecule has 0 amide bonds. The summed E-state index contributed by atoms with van der Waals surface area (Å²) >= 11 is 5.70. The van der Waals surface area contributed by atoms with E-state index in [4.69, 9.17) is 12.2 Å². The highest BCUT2D eigenvalue weighted by Gasteiger charge is 2.24. The van der Waals surface area contributed by atoms with Gasteiger partial charge in [-0.15, -0.1) is 0 Å². The molecule has 1 saturated carbocycles. The van der Waals surface area contributed by atoms with E-state index in [0.29, 0.717) is 6.04 Å². The van der Waals surface area contributed by atoms with Crippen molar-refractivity contribution in [3.8, 4) is 22.5 Å². The van der Waals surface area contributed by atoms with E-state index in [-0.39, 0.29) is 0 Å². The predicted octanol–water partition coefficient (Wildman–Crippen LogP) is 5.99. The Morgan fingerprint density at radius 3 is 2.00 bits per heavy atom. The average molecular weight is 320 g/mol. The molecule has 0 bridgehead atoms. The van der Waals surface area contributed by atoms with Gasteiger partial charge in [0.2, 0.25) is 0 Å². The van der Waals surface area contributed by atoms with Gasteiger partial charge in [0.1, 0.15) is 0 Å². The van der Waals surface area contributed by atoms with E-state index in [1.807, 2.05) is 6.07 Å². The number of rotatable bonds is 3. The Labute approximate surface area is 141 Å². The number of hydrogen-bond acceptors (Lipinski definition) is 1. The molecule has 1 aliphatic rings. The van der Waals surface area contributed by atoms with Gasteiger partial charge < -0.3 is 9.55 Å². The number of nitrogens with one attached hydrogen (secondary N) is 1. The summed E-state index contributed by atoms with van der Waals surface area (Å²) in [6.45, 7) is 0. The molecule has 4 rings (SSSR count). The Morgan fingerprint density at radius 1 is 0.826 bits per heavy atom. The topological polar surface area (TPSA) is 20.7 Å². The third-order valence-electron chi connectivity index (χ3n) is 4.73. The Morgan fingerprint density at radius 2 is 1.39 bits per heavy atom. The highest BCUT2D eigenvalue weighted by Crippen LogP contribution is 2.38. The molecule has 3 aromatic rings. The number of imidazole rings is 1. The zero-order valence-electron chi connectivity index (χ0n) is 13.0. The van der Waals surface area contributed by atoms with E-state index in [1.54, 1.807) is 0 Å². The lowest BCUT2D eigenvalue weighted by atomic mass is 10.0. The third-order valence-corrected chi connectivity index (χ3v) is 5.03. The van der Waals surface area contributed by atoms with E-state index >= 15 is 0 Å². The van der Waals surface area contributed by atoms with Gasteiger partial charge in [0.25, 0.3) is 0 Å². The fourth-order valence-corrected chi connectivity index (χ4v) is 3.99. The van der Waals surface area contributed by atoms with E-state index in [2.05, 4.69) is 64.1 Å². The number of aromatic amines is 1. The summed E-state index contributed by atoms with van der Waals surface area (Å²) in [5, 5.41) is 0. The molecule has 2 nitrogen and oxygen atoms in total. The van der Waals surface area contributed by atoms with Gasteiger partial charge in [0.15, 0.2) is 4.77 Å². The van der Waals surface area contributed by atoms with Crippen LogP contribution in [0.4, 0.5) is 0 Å². The lowest BCUT2D eigenvalue weighted by Gasteiger charge is -2.16. The lowest BCUT2D eigenvalue weighted by Crippen LogP contribution is -2.06. The second-order valence-electron chi connectivity index (χ2n) is 6.19. The van der Waals surface area contributed by atoms with E-state index in [1.165, 1.54) is 42.5 Å². The van der Waals surface area contributed by atoms with Gasteiger partial charge in [-0.3, -0.25) is 0 Å². The van der Waals surface area contributed by atoms with Crippen molar-refractivity contribution in [2.24, 2.45) is 0 Å². The summed E-state index contributed by atoms with van der Waals surface area (Å²) in [4.78, 5) is 3.48. The van der Waals surface area contributed by atoms with E-state index in [0.717, 1.165) is 10.5 Å². The molecule has 1 N–H and O–H groups in total. The van der Waals surface area contributed by atoms with Crippen molar-refractivity contribution in [1.29, 1.82) is 0 Å². The maximum atomic E-state index is 5.70. The molecule has 0 atom stereocenters. The van der Waals surface area contributed by atoms with Crippen LogP contribution in [0.3, 0.4) is 0 Å². The number of aromatic nitrogens is 2. The summed E-state index contributed by atoms with van der Waals surface area (Å²) in [6, 6.07) is 21.6. The van der Waals surface area contributed by atoms with Crippen molar-refractivity contribution in [3.63, 3.8) is 0 Å². The zero-order chi connectivity index (χ0) is 15.6. The molecule has 0 saturated heterocycles. The fraction of sp³-hybridized carbons (Fsp3) is 0.250. The molecule has 1 aromatic heterocycles. The first-order chi connectivity index (χ1) is 11.3. The molecule has 0 radical (unpaired) electrons. The monoisotopic (exact) mass is 320 g/mol. The van der Waals surface area contributed by atoms with Gasteiger partial charge in [-0.25, -0.2) is 0 Å². The lowest BCUT2D eigenvalue weighted by molar-refractivity contribution is 0.517. The zero-order valence-corrected chi connectivity index (χ0v) is 13.9. The van der Waals surface area contributed by atoms with Crippen molar-refractivity contribution >= 4 is 12.2 Å². The summed E-state index contributed by atoms with van der Waals surface area (Å²) in [7, 11) is 0. The molecule has 0 aliphatic heterocycles. The van der Waals surface area contributed by atoms with Crippen molar-refractivity contribution in [2.45, 2.75) is 31.7 Å². The maximum Gasteiger partial charge on any atom is 0.178 e. The van der Waals surface area contributed by atoms with Crippen LogP contribution < -0.4 is 0 Å². The van der Waals surface area contributed by atoms with Gasteiger partial charge in [-0.1, -0.05) is 73.5 Å². The molecule has 1 fully saturated rings. The van der Waals surface area contributed by atoms with Gasteiger partial charge >= 0.3 is 0 Å². The first-order valence-electron chi connectivity index (χ1n) is 8.30. The van der Waals surface area contributed by atoms with Crippen molar-refractivity contribution < 1.29 is 0 Å². The van der Waals surface area contributed by atoms with Crippen LogP contribution in [0, 0.1) is 4.77 Å². The Bertz CT molecular complexity index is 840. The van der Waals surface area contributed by atoms with Crippen molar-refractivity contribution in [2.75, 3.05) is 0 Å². The smallest absolute Gasteiger partial charge is 0.178 e. The standard InChI is InChI=1S/C20H20N2S/c23-20-21-18(15-9-3-1-4-10-15)19(16-11-5-2-6-12-16)22(20)17-13-7-8-14-17/h1-6,9-12,17H,7-8,13-14H2,(H,21,23). The minimum absolute atomic E-state index is 0.520. The number of benzene rings is 2. The molecule has 0 spiro atoms. The molecule has 116 valence electrons. The normalized spacial score (nSPS) is 15.1. The third kappa shape index (κ3) is 2.66. The van der Waals surface area contributed by atoms with Crippen LogP contribution >= 0.6 is 12.2 Å². The number of hydrogen-bond donors (Lipinski definition) is 1. The van der Waals surface area contributed by atoms with Crippen LogP contribution in [0.5, 0.6) is 0 Å². The minimum atomic E-state index is 0.520. The Balaban J connectivity index is 1.97. The second-order valence-corrected chi connectivity index (χ2v) is 6.58. The highest BCUT2D eigenvalue weighted by molar-refractivity contribution is 7.71. The van der Waals surface area contributed by atoms with Crippen LogP contribution in [0.2, 0.25) is 0 Å². The van der Waals surface area contributed by atoms with Gasteiger partial charge in [0.05, 0.1) is 11.4 Å². The predicted molar refractivity (Wildman–Crippen MR) is 98.0 cm³/mol. The van der Waals surface area contributed by atoms with Crippen LogP contribution in [-0.4, -0.2) is 9.55 Å². The summed E-state index contributed by atoms with van der Waals surface area (Å²) in [6.07, 6.45) is 5.04. The van der Waals surface area contributed by atoms with E-state index in [9.17, 15) is 0 Å². The van der Waals surface area contributed by atoms with Crippen molar-refractivity contribution in [1.82, 2.24) is 9.55 Å². The Kier molecular flexibility index (Phi) is 3.88.